The van der Waals surface area contributed by atoms with Gasteiger partial charge in [0.25, 0.3) is 0 Å². The van der Waals surface area contributed by atoms with Crippen LogP contribution in [0.5, 0.6) is 0 Å². The molecule has 0 fully saturated rings. The lowest BCUT2D eigenvalue weighted by molar-refractivity contribution is -0.139. The van der Waals surface area contributed by atoms with Crippen LogP contribution in [0.1, 0.15) is 13.8 Å². The van der Waals surface area contributed by atoms with Crippen LogP contribution in [0.2, 0.25) is 0 Å². The second-order valence-electron chi connectivity index (χ2n) is 2.68. The third-order valence-corrected chi connectivity index (χ3v) is 1.05. The number of nitrogens with zero attached hydrogens (tertiary/aromatic N) is 1. The van der Waals surface area contributed by atoms with Crippen molar-refractivity contribution >= 4 is 5.97 Å². The number of hydrogen-bond acceptors (Lipinski definition) is 4. The van der Waals surface area contributed by atoms with Crippen molar-refractivity contribution in [2.24, 2.45) is 11.7 Å². The van der Waals surface area contributed by atoms with Crippen molar-refractivity contribution < 1.29 is 9.53 Å². The van der Waals surface area contributed by atoms with E-state index < -0.39 is 5.97 Å². The summed E-state index contributed by atoms with van der Waals surface area (Å²) in [5, 5.41) is 8.36. The maximum absolute atomic E-state index is 10.9. The highest BCUT2D eigenvalue weighted by atomic mass is 16.5. The smallest absolute Gasteiger partial charge is 0.350 e. The van der Waals surface area contributed by atoms with Crippen LogP contribution in [0.25, 0.3) is 0 Å². The van der Waals surface area contributed by atoms with Crippen LogP contribution in [0.3, 0.4) is 0 Å². The molecule has 0 saturated carbocycles. The first-order valence-corrected chi connectivity index (χ1v) is 3.61. The van der Waals surface area contributed by atoms with Crippen molar-refractivity contribution in [2.45, 2.75) is 13.8 Å². The summed E-state index contributed by atoms with van der Waals surface area (Å²) in [7, 11) is 0. The predicted molar refractivity (Wildman–Crippen MR) is 43.7 cm³/mol. The molecule has 2 N–H and O–H groups in total. The third-order valence-electron chi connectivity index (χ3n) is 1.05. The lowest BCUT2D eigenvalue weighted by Gasteiger charge is -2.04. The molecule has 66 valence electrons. The van der Waals surface area contributed by atoms with Crippen molar-refractivity contribution in [2.75, 3.05) is 6.61 Å². The monoisotopic (exact) mass is 168 g/mol. The van der Waals surface area contributed by atoms with E-state index >= 15 is 0 Å². The first-order chi connectivity index (χ1) is 5.61. The van der Waals surface area contributed by atoms with E-state index in [9.17, 15) is 4.79 Å². The first kappa shape index (κ1) is 10.5. The Labute approximate surface area is 71.6 Å². The molecule has 4 nitrogen and oxygen atoms in total. The fourth-order valence-corrected chi connectivity index (χ4v) is 0.471. The second-order valence-corrected chi connectivity index (χ2v) is 2.68. The Morgan fingerprint density at radius 1 is 1.75 bits per heavy atom. The Balaban J connectivity index is 3.98. The molecule has 12 heavy (non-hydrogen) atoms. The summed E-state index contributed by atoms with van der Waals surface area (Å²) >= 11 is 0. The molecule has 0 aromatic heterocycles. The molecule has 0 aromatic rings. The van der Waals surface area contributed by atoms with Gasteiger partial charge in [-0.25, -0.2) is 4.79 Å². The molecule has 0 saturated heterocycles. The van der Waals surface area contributed by atoms with Crippen LogP contribution in [0.15, 0.2) is 11.8 Å². The lowest BCUT2D eigenvalue weighted by atomic mass is 10.2. The Morgan fingerprint density at radius 2 is 2.33 bits per heavy atom. The number of hydrogen-bond donors (Lipinski definition) is 1. The number of esters is 1. The molecule has 0 rings (SSSR count). The summed E-state index contributed by atoms with van der Waals surface area (Å²) in [6.07, 6.45) is 0.947. The lowest BCUT2D eigenvalue weighted by Crippen LogP contribution is -2.12. The van der Waals surface area contributed by atoms with Gasteiger partial charge < -0.3 is 10.5 Å². The molecule has 0 aliphatic carbocycles. The molecule has 0 heterocycles. The molecule has 0 atom stereocenters. The van der Waals surface area contributed by atoms with Gasteiger partial charge in [0.15, 0.2) is 5.57 Å². The van der Waals surface area contributed by atoms with Gasteiger partial charge in [0.2, 0.25) is 0 Å². The van der Waals surface area contributed by atoms with E-state index in [1.54, 1.807) is 6.07 Å². The normalized spacial score (nSPS) is 11.0. The van der Waals surface area contributed by atoms with Gasteiger partial charge in [-0.3, -0.25) is 0 Å². The van der Waals surface area contributed by atoms with Crippen LogP contribution in [-0.2, 0) is 9.53 Å². The topological polar surface area (TPSA) is 76.1 Å². The van der Waals surface area contributed by atoms with Gasteiger partial charge in [0.1, 0.15) is 6.07 Å². The average molecular weight is 168 g/mol. The van der Waals surface area contributed by atoms with Crippen molar-refractivity contribution in [1.82, 2.24) is 0 Å². The third kappa shape index (κ3) is 3.62. The van der Waals surface area contributed by atoms with Gasteiger partial charge in [-0.05, 0) is 5.92 Å². The van der Waals surface area contributed by atoms with E-state index in [0.717, 1.165) is 6.20 Å². The van der Waals surface area contributed by atoms with E-state index in [1.807, 2.05) is 13.8 Å². The maximum atomic E-state index is 10.9. The highest BCUT2D eigenvalue weighted by Crippen LogP contribution is 1.98. The van der Waals surface area contributed by atoms with Gasteiger partial charge in [-0.2, -0.15) is 5.26 Å². The number of carbonyl (C=O) groups is 1. The minimum atomic E-state index is -0.659. The van der Waals surface area contributed by atoms with Crippen molar-refractivity contribution in [3.8, 4) is 6.07 Å². The largest absolute Gasteiger partial charge is 0.461 e. The summed E-state index contributed by atoms with van der Waals surface area (Å²) in [4.78, 5) is 10.9. The highest BCUT2D eigenvalue weighted by Gasteiger charge is 2.09. The van der Waals surface area contributed by atoms with E-state index in [4.69, 9.17) is 15.7 Å². The SMILES string of the molecule is CC(C)COC(=O)/C(C#N)=C\N. The minimum Gasteiger partial charge on any atom is -0.461 e. The number of carbonyl (C=O) groups excluding carboxylic acids is 1. The number of nitriles is 1. The molecular weight excluding hydrogens is 156 g/mol. The van der Waals surface area contributed by atoms with E-state index in [2.05, 4.69) is 0 Å². The average Bonchev–Trinajstić information content (AvgIpc) is 2.03. The van der Waals surface area contributed by atoms with Gasteiger partial charge in [0.05, 0.1) is 6.61 Å². The van der Waals surface area contributed by atoms with Crippen LogP contribution < -0.4 is 5.73 Å². The zero-order chi connectivity index (χ0) is 9.56. The molecule has 4 heteroatoms. The summed E-state index contributed by atoms with van der Waals surface area (Å²) in [5.41, 5.74) is 4.85. The zero-order valence-corrected chi connectivity index (χ0v) is 7.20. The minimum absolute atomic E-state index is 0.157. The van der Waals surface area contributed by atoms with E-state index in [0.29, 0.717) is 6.61 Å². The molecule has 0 aliphatic rings. The van der Waals surface area contributed by atoms with Crippen molar-refractivity contribution in [3.63, 3.8) is 0 Å². The van der Waals surface area contributed by atoms with Crippen LogP contribution in [0, 0.1) is 17.2 Å². The standard InChI is InChI=1S/C8H12N2O2/c1-6(2)5-12-8(11)7(3-9)4-10/h3,6H,5,9H2,1-2H3/b7-3-. The zero-order valence-electron chi connectivity index (χ0n) is 7.20. The molecule has 0 unspecified atom stereocenters. The Kier molecular flexibility index (Phi) is 4.54. The molecule has 0 spiro atoms. The van der Waals surface area contributed by atoms with Crippen LogP contribution in [0.4, 0.5) is 0 Å². The predicted octanol–water partition coefficient (Wildman–Crippen LogP) is 0.552. The van der Waals surface area contributed by atoms with Crippen molar-refractivity contribution in [1.29, 1.82) is 5.26 Å². The van der Waals surface area contributed by atoms with Gasteiger partial charge in [0, 0.05) is 6.20 Å². The molecule has 0 bridgehead atoms. The molecule has 0 amide bonds. The number of ether oxygens (including phenoxy) is 1. The molecule has 0 aromatic carbocycles. The second kappa shape index (κ2) is 5.19. The van der Waals surface area contributed by atoms with Crippen molar-refractivity contribution in [3.05, 3.63) is 11.8 Å². The van der Waals surface area contributed by atoms with Gasteiger partial charge >= 0.3 is 5.97 Å². The summed E-state index contributed by atoms with van der Waals surface area (Å²) in [6, 6.07) is 1.64. The van der Waals surface area contributed by atoms with E-state index in [1.165, 1.54) is 0 Å². The van der Waals surface area contributed by atoms with Gasteiger partial charge in [-0.15, -0.1) is 0 Å². The Hall–Kier alpha value is -1.50. The number of rotatable bonds is 3. The number of nitrogens with two attached hydrogens (primary N) is 1. The fourth-order valence-electron chi connectivity index (χ4n) is 0.471. The summed E-state index contributed by atoms with van der Waals surface area (Å²) in [5.74, 6) is -0.402. The summed E-state index contributed by atoms with van der Waals surface area (Å²) < 4.78 is 4.74. The van der Waals surface area contributed by atoms with Crippen LogP contribution in [-0.4, -0.2) is 12.6 Å². The van der Waals surface area contributed by atoms with Gasteiger partial charge in [-0.1, -0.05) is 13.8 Å². The molecule has 0 radical (unpaired) electrons. The Bertz CT molecular complexity index is 226. The molecule has 0 aliphatic heterocycles. The fraction of sp³-hybridized carbons (Fsp3) is 0.500. The Morgan fingerprint density at radius 3 is 2.67 bits per heavy atom. The molecular formula is C8H12N2O2. The highest BCUT2D eigenvalue weighted by molar-refractivity contribution is 5.92. The van der Waals surface area contributed by atoms with E-state index in [-0.39, 0.29) is 11.5 Å². The quantitative estimate of drug-likeness (QED) is 0.379. The van der Waals surface area contributed by atoms with Crippen LogP contribution >= 0.6 is 0 Å². The summed E-state index contributed by atoms with van der Waals surface area (Å²) in [6.45, 7) is 4.12. The first-order valence-electron chi connectivity index (χ1n) is 3.61. The maximum Gasteiger partial charge on any atom is 0.350 e.